The van der Waals surface area contributed by atoms with E-state index >= 15 is 0 Å². The van der Waals surface area contributed by atoms with Gasteiger partial charge in [0.25, 0.3) is 0 Å². The molecule has 1 saturated carbocycles. The van der Waals surface area contributed by atoms with E-state index in [0.29, 0.717) is 24.2 Å². The molecule has 0 radical (unpaired) electrons. The zero-order chi connectivity index (χ0) is 14.3. The van der Waals surface area contributed by atoms with Crippen molar-refractivity contribution in [3.63, 3.8) is 0 Å². The standard InChI is InChI=1S/C16H18O4/c1-10-7-11-8-12(9-13(19-2)14(11)20-10)16(15(17)18)5-3-4-6-16/h7-9H,3-6H2,1-2H3,(H,17,18). The first-order chi connectivity index (χ1) is 9.56. The number of carboxylic acid groups (broad SMARTS) is 1. The second-order valence-corrected chi connectivity index (χ2v) is 5.55. The maximum Gasteiger partial charge on any atom is 0.314 e. The van der Waals surface area contributed by atoms with E-state index in [1.165, 1.54) is 0 Å². The van der Waals surface area contributed by atoms with E-state index in [1.807, 2.05) is 25.1 Å². The van der Waals surface area contributed by atoms with Gasteiger partial charge in [-0.2, -0.15) is 0 Å². The normalized spacial score (nSPS) is 17.5. The van der Waals surface area contributed by atoms with Crippen molar-refractivity contribution < 1.29 is 19.1 Å². The number of benzene rings is 1. The van der Waals surface area contributed by atoms with Gasteiger partial charge in [0.15, 0.2) is 11.3 Å². The molecule has 4 heteroatoms. The number of furan rings is 1. The van der Waals surface area contributed by atoms with E-state index in [9.17, 15) is 9.90 Å². The van der Waals surface area contributed by atoms with E-state index in [-0.39, 0.29) is 0 Å². The van der Waals surface area contributed by atoms with Gasteiger partial charge in [-0.3, -0.25) is 4.79 Å². The Morgan fingerprint density at radius 2 is 2.00 bits per heavy atom. The molecule has 0 aliphatic heterocycles. The molecular weight excluding hydrogens is 256 g/mol. The summed E-state index contributed by atoms with van der Waals surface area (Å²) >= 11 is 0. The summed E-state index contributed by atoms with van der Waals surface area (Å²) in [5.41, 5.74) is 0.743. The lowest BCUT2D eigenvalue weighted by Gasteiger charge is -2.24. The van der Waals surface area contributed by atoms with Crippen LogP contribution in [0.15, 0.2) is 22.6 Å². The molecule has 3 rings (SSSR count). The van der Waals surface area contributed by atoms with Gasteiger partial charge in [0, 0.05) is 5.39 Å². The van der Waals surface area contributed by atoms with E-state index < -0.39 is 11.4 Å². The first-order valence-electron chi connectivity index (χ1n) is 6.89. The number of methoxy groups -OCH3 is 1. The summed E-state index contributed by atoms with van der Waals surface area (Å²) in [5, 5.41) is 10.6. The Balaban J connectivity index is 2.23. The molecule has 2 aromatic rings. The van der Waals surface area contributed by atoms with Gasteiger partial charge in [0.1, 0.15) is 5.76 Å². The van der Waals surface area contributed by atoms with Gasteiger partial charge in [-0.1, -0.05) is 12.8 Å². The van der Waals surface area contributed by atoms with E-state index in [0.717, 1.165) is 29.6 Å². The molecule has 1 aliphatic rings. The SMILES string of the molecule is COc1cc(C2(C(=O)O)CCCC2)cc2cc(C)oc12. The van der Waals surface area contributed by atoms with Crippen LogP contribution in [-0.2, 0) is 10.2 Å². The van der Waals surface area contributed by atoms with E-state index in [2.05, 4.69) is 0 Å². The fourth-order valence-corrected chi connectivity index (χ4v) is 3.28. The number of fused-ring (bicyclic) bond motifs is 1. The van der Waals surface area contributed by atoms with Crippen LogP contribution in [0.2, 0.25) is 0 Å². The van der Waals surface area contributed by atoms with Crippen LogP contribution >= 0.6 is 0 Å². The molecule has 20 heavy (non-hydrogen) atoms. The monoisotopic (exact) mass is 274 g/mol. The Bertz CT molecular complexity index is 662. The molecule has 0 saturated heterocycles. The maximum absolute atomic E-state index is 11.8. The Labute approximate surface area is 117 Å². The molecule has 1 aromatic carbocycles. The number of carbonyl (C=O) groups is 1. The van der Waals surface area contributed by atoms with Crippen LogP contribution in [0.1, 0.15) is 37.0 Å². The number of aryl methyl sites for hydroxylation is 1. The fourth-order valence-electron chi connectivity index (χ4n) is 3.28. The average molecular weight is 274 g/mol. The Morgan fingerprint density at radius 1 is 1.30 bits per heavy atom. The first kappa shape index (κ1) is 13.0. The van der Waals surface area contributed by atoms with Crippen molar-refractivity contribution >= 4 is 16.9 Å². The smallest absolute Gasteiger partial charge is 0.314 e. The van der Waals surface area contributed by atoms with Crippen LogP contribution in [0.5, 0.6) is 5.75 Å². The predicted molar refractivity (Wildman–Crippen MR) is 75.3 cm³/mol. The lowest BCUT2D eigenvalue weighted by atomic mass is 9.78. The molecule has 0 bridgehead atoms. The highest BCUT2D eigenvalue weighted by molar-refractivity contribution is 5.89. The molecule has 0 atom stereocenters. The average Bonchev–Trinajstić information content (AvgIpc) is 3.02. The summed E-state index contributed by atoms with van der Waals surface area (Å²) in [5.74, 6) is 0.668. The highest BCUT2D eigenvalue weighted by atomic mass is 16.5. The van der Waals surface area contributed by atoms with Gasteiger partial charge in [0.2, 0.25) is 0 Å². The summed E-state index contributed by atoms with van der Waals surface area (Å²) in [6, 6.07) is 5.68. The number of hydrogen-bond donors (Lipinski definition) is 1. The van der Waals surface area contributed by atoms with Gasteiger partial charge in [0.05, 0.1) is 12.5 Å². The topological polar surface area (TPSA) is 59.7 Å². The highest BCUT2D eigenvalue weighted by Crippen LogP contribution is 2.44. The van der Waals surface area contributed by atoms with Gasteiger partial charge < -0.3 is 14.3 Å². The molecule has 1 fully saturated rings. The van der Waals surface area contributed by atoms with Crippen LogP contribution < -0.4 is 4.74 Å². The van der Waals surface area contributed by atoms with Crippen molar-refractivity contribution in [1.82, 2.24) is 0 Å². The molecule has 0 amide bonds. The van der Waals surface area contributed by atoms with Crippen molar-refractivity contribution in [3.8, 4) is 5.75 Å². The van der Waals surface area contributed by atoms with Crippen molar-refractivity contribution in [2.24, 2.45) is 0 Å². The molecule has 106 valence electrons. The zero-order valence-electron chi connectivity index (χ0n) is 11.7. The van der Waals surface area contributed by atoms with Crippen LogP contribution in [0.25, 0.3) is 11.0 Å². The summed E-state index contributed by atoms with van der Waals surface area (Å²) in [6.45, 7) is 1.88. The van der Waals surface area contributed by atoms with Crippen LogP contribution in [-0.4, -0.2) is 18.2 Å². The van der Waals surface area contributed by atoms with Gasteiger partial charge in [-0.15, -0.1) is 0 Å². The highest BCUT2D eigenvalue weighted by Gasteiger charge is 2.43. The third-order valence-corrected chi connectivity index (χ3v) is 4.34. The number of carboxylic acids is 1. The first-order valence-corrected chi connectivity index (χ1v) is 6.89. The lowest BCUT2D eigenvalue weighted by molar-refractivity contribution is -0.143. The molecule has 1 aromatic heterocycles. The predicted octanol–water partition coefficient (Wildman–Crippen LogP) is 3.65. The van der Waals surface area contributed by atoms with Crippen LogP contribution in [0, 0.1) is 6.92 Å². The van der Waals surface area contributed by atoms with Crippen molar-refractivity contribution in [2.75, 3.05) is 7.11 Å². The Kier molecular flexibility index (Phi) is 2.96. The summed E-state index contributed by atoms with van der Waals surface area (Å²) in [4.78, 5) is 11.8. The van der Waals surface area contributed by atoms with Crippen molar-refractivity contribution in [1.29, 1.82) is 0 Å². The minimum atomic E-state index is -0.771. The zero-order valence-corrected chi connectivity index (χ0v) is 11.7. The number of rotatable bonds is 3. The molecule has 0 spiro atoms. The Morgan fingerprint density at radius 3 is 2.60 bits per heavy atom. The minimum absolute atomic E-state index is 0.609. The maximum atomic E-state index is 11.8. The molecule has 1 heterocycles. The lowest BCUT2D eigenvalue weighted by Crippen LogP contribution is -2.32. The second kappa shape index (κ2) is 4.54. The summed E-state index contributed by atoms with van der Waals surface area (Å²) < 4.78 is 11.0. The summed E-state index contributed by atoms with van der Waals surface area (Å²) in [6.07, 6.45) is 3.29. The quantitative estimate of drug-likeness (QED) is 0.928. The van der Waals surface area contributed by atoms with E-state index in [4.69, 9.17) is 9.15 Å². The van der Waals surface area contributed by atoms with Crippen LogP contribution in [0.4, 0.5) is 0 Å². The van der Waals surface area contributed by atoms with Crippen molar-refractivity contribution in [3.05, 3.63) is 29.5 Å². The minimum Gasteiger partial charge on any atom is -0.493 e. The van der Waals surface area contributed by atoms with Gasteiger partial charge >= 0.3 is 5.97 Å². The number of hydrogen-bond acceptors (Lipinski definition) is 3. The number of aliphatic carboxylic acids is 1. The molecule has 1 N–H and O–H groups in total. The van der Waals surface area contributed by atoms with Crippen LogP contribution in [0.3, 0.4) is 0 Å². The summed E-state index contributed by atoms with van der Waals surface area (Å²) in [7, 11) is 1.58. The van der Waals surface area contributed by atoms with E-state index in [1.54, 1.807) is 7.11 Å². The Hall–Kier alpha value is -1.97. The third-order valence-electron chi connectivity index (χ3n) is 4.34. The van der Waals surface area contributed by atoms with Crippen molar-refractivity contribution in [2.45, 2.75) is 38.0 Å². The molecule has 0 unspecified atom stereocenters. The number of ether oxygens (including phenoxy) is 1. The third kappa shape index (κ3) is 1.79. The van der Waals surface area contributed by atoms with Gasteiger partial charge in [-0.25, -0.2) is 0 Å². The second-order valence-electron chi connectivity index (χ2n) is 5.55. The largest absolute Gasteiger partial charge is 0.493 e. The molecule has 4 nitrogen and oxygen atoms in total. The van der Waals surface area contributed by atoms with Gasteiger partial charge in [-0.05, 0) is 43.5 Å². The molecular formula is C16H18O4. The molecule has 1 aliphatic carbocycles. The fraction of sp³-hybridized carbons (Fsp3) is 0.438.